The molecule has 0 aliphatic carbocycles. The van der Waals surface area contributed by atoms with Crippen molar-refractivity contribution in [2.24, 2.45) is 0 Å². The number of nitrogen functional groups attached to an aromatic ring is 1. The highest BCUT2D eigenvalue weighted by molar-refractivity contribution is 7.21. The number of para-hydroxylation sites is 1. The molecule has 6 nitrogen and oxygen atoms in total. The molecule has 0 saturated heterocycles. The summed E-state index contributed by atoms with van der Waals surface area (Å²) in [5.74, 6) is 0.199. The summed E-state index contributed by atoms with van der Waals surface area (Å²) in [6.07, 6.45) is 0. The van der Waals surface area contributed by atoms with E-state index in [0.717, 1.165) is 10.2 Å². The van der Waals surface area contributed by atoms with Crippen LogP contribution in [0, 0.1) is 0 Å². The van der Waals surface area contributed by atoms with Gasteiger partial charge in [-0.1, -0.05) is 12.1 Å². The van der Waals surface area contributed by atoms with Crippen molar-refractivity contribution >= 4 is 50.4 Å². The van der Waals surface area contributed by atoms with E-state index in [-0.39, 0.29) is 22.1 Å². The van der Waals surface area contributed by atoms with Crippen LogP contribution in [0.5, 0.6) is 5.75 Å². The molecule has 0 aliphatic rings. The Bertz CT molecular complexity index is 1040. The zero-order chi connectivity index (χ0) is 17.6. The number of thiazole rings is 1. The summed E-state index contributed by atoms with van der Waals surface area (Å²) in [5.41, 5.74) is 8.30. The number of phenols is 1. The lowest BCUT2D eigenvalue weighted by Crippen LogP contribution is -1.96. The van der Waals surface area contributed by atoms with Crippen molar-refractivity contribution in [3.63, 3.8) is 0 Å². The number of nitrogens with two attached hydrogens (primary N) is 1. The first-order valence-corrected chi connectivity index (χ1v) is 8.64. The Balaban J connectivity index is 1.85. The summed E-state index contributed by atoms with van der Waals surface area (Å²) in [6.45, 7) is 0. The first-order valence-electron chi connectivity index (χ1n) is 7.07. The van der Waals surface area contributed by atoms with Crippen LogP contribution in [0.1, 0.15) is 0 Å². The quantitative estimate of drug-likeness (QED) is 0.492. The number of nitrogens with zero attached hydrogens (tertiary/aromatic N) is 4. The molecule has 4 aromatic rings. The second-order valence-electron chi connectivity index (χ2n) is 5.14. The zero-order valence-corrected chi connectivity index (χ0v) is 14.8. The van der Waals surface area contributed by atoms with Gasteiger partial charge in [-0.05, 0) is 47.5 Å². The number of anilines is 1. The summed E-state index contributed by atoms with van der Waals surface area (Å²) in [7, 11) is 0. The van der Waals surface area contributed by atoms with Gasteiger partial charge in [0.2, 0.25) is 10.6 Å². The fraction of sp³-hybridized carbons (Fsp3) is 0. The number of hydrogen-bond donors (Lipinski definition) is 2. The maximum absolute atomic E-state index is 10.5. The van der Waals surface area contributed by atoms with E-state index in [9.17, 15) is 5.11 Å². The standard InChI is InChI=1S/C16H9Cl2N5OS/c17-15-21-13(22-16(18)23-15)7-5-8(19)12(10(24)6-7)14-20-9-3-1-2-4-11(9)25-14/h1-6,24H,19H2. The third kappa shape index (κ3) is 2.97. The van der Waals surface area contributed by atoms with Gasteiger partial charge in [-0.2, -0.15) is 15.0 Å². The van der Waals surface area contributed by atoms with Crippen LogP contribution in [0.2, 0.25) is 10.6 Å². The molecular weight excluding hydrogens is 381 g/mol. The number of phenolic OH excluding ortho intramolecular Hbond substituents is 1. The van der Waals surface area contributed by atoms with Crippen molar-refractivity contribution in [1.82, 2.24) is 19.9 Å². The topological polar surface area (TPSA) is 97.8 Å². The van der Waals surface area contributed by atoms with Crippen molar-refractivity contribution < 1.29 is 5.11 Å². The molecule has 4 rings (SSSR count). The lowest BCUT2D eigenvalue weighted by Gasteiger charge is -2.08. The molecule has 2 aromatic carbocycles. The average Bonchev–Trinajstić information content (AvgIpc) is 2.96. The van der Waals surface area contributed by atoms with Crippen LogP contribution >= 0.6 is 34.5 Å². The molecular formula is C16H9Cl2N5OS. The molecule has 0 atom stereocenters. The fourth-order valence-corrected chi connectivity index (χ4v) is 3.85. The van der Waals surface area contributed by atoms with Gasteiger partial charge in [0.1, 0.15) is 10.8 Å². The predicted molar refractivity (Wildman–Crippen MR) is 100.0 cm³/mol. The third-order valence-electron chi connectivity index (χ3n) is 3.49. The first kappa shape index (κ1) is 16.0. The smallest absolute Gasteiger partial charge is 0.227 e. The number of benzene rings is 2. The van der Waals surface area contributed by atoms with E-state index in [4.69, 9.17) is 28.9 Å². The van der Waals surface area contributed by atoms with E-state index in [0.29, 0.717) is 21.8 Å². The maximum Gasteiger partial charge on any atom is 0.227 e. The lowest BCUT2D eigenvalue weighted by atomic mass is 10.1. The molecule has 0 spiro atoms. The molecule has 0 aliphatic heterocycles. The minimum absolute atomic E-state index is 0.0262. The molecule has 0 bridgehead atoms. The molecule has 2 aromatic heterocycles. The van der Waals surface area contributed by atoms with Crippen molar-refractivity contribution in [3.8, 4) is 27.7 Å². The number of rotatable bonds is 2. The van der Waals surface area contributed by atoms with E-state index < -0.39 is 0 Å². The predicted octanol–water partition coefficient (Wildman–Crippen LogP) is 4.41. The van der Waals surface area contributed by atoms with Gasteiger partial charge in [0, 0.05) is 11.3 Å². The number of fused-ring (bicyclic) bond motifs is 1. The molecule has 0 saturated carbocycles. The van der Waals surface area contributed by atoms with Gasteiger partial charge in [0.15, 0.2) is 5.82 Å². The van der Waals surface area contributed by atoms with Crippen LogP contribution in [0.4, 0.5) is 5.69 Å². The maximum atomic E-state index is 10.5. The van der Waals surface area contributed by atoms with Gasteiger partial charge in [0.05, 0.1) is 15.8 Å². The Morgan fingerprint density at radius 3 is 2.36 bits per heavy atom. The van der Waals surface area contributed by atoms with Gasteiger partial charge in [-0.25, -0.2) is 4.98 Å². The molecule has 0 radical (unpaired) electrons. The number of aromatic nitrogens is 4. The molecule has 25 heavy (non-hydrogen) atoms. The Labute approximate surface area is 155 Å². The fourth-order valence-electron chi connectivity index (χ4n) is 2.44. The van der Waals surface area contributed by atoms with Crippen molar-refractivity contribution in [2.75, 3.05) is 5.73 Å². The summed E-state index contributed by atoms with van der Waals surface area (Å²) in [6, 6.07) is 10.9. The molecule has 0 unspecified atom stereocenters. The number of aromatic hydroxyl groups is 1. The highest BCUT2D eigenvalue weighted by Gasteiger charge is 2.17. The van der Waals surface area contributed by atoms with E-state index in [1.807, 2.05) is 24.3 Å². The minimum Gasteiger partial charge on any atom is -0.507 e. The van der Waals surface area contributed by atoms with Crippen LogP contribution in [-0.4, -0.2) is 25.0 Å². The average molecular weight is 390 g/mol. The minimum atomic E-state index is -0.0386. The van der Waals surface area contributed by atoms with Gasteiger partial charge in [-0.15, -0.1) is 11.3 Å². The van der Waals surface area contributed by atoms with E-state index in [2.05, 4.69) is 19.9 Å². The molecule has 3 N–H and O–H groups in total. The third-order valence-corrected chi connectivity index (χ3v) is 4.89. The van der Waals surface area contributed by atoms with E-state index >= 15 is 0 Å². The SMILES string of the molecule is Nc1cc(-c2nc(Cl)nc(Cl)n2)cc(O)c1-c1nc2ccccc2s1. The van der Waals surface area contributed by atoms with Crippen molar-refractivity contribution in [2.45, 2.75) is 0 Å². The summed E-state index contributed by atoms with van der Waals surface area (Å²) < 4.78 is 1.01. The van der Waals surface area contributed by atoms with Gasteiger partial charge < -0.3 is 10.8 Å². The normalized spacial score (nSPS) is 11.1. The van der Waals surface area contributed by atoms with Crippen molar-refractivity contribution in [1.29, 1.82) is 0 Å². The van der Waals surface area contributed by atoms with E-state index in [1.165, 1.54) is 17.4 Å². The number of halogens is 2. The first-order chi connectivity index (χ1) is 12.0. The lowest BCUT2D eigenvalue weighted by molar-refractivity contribution is 0.478. The molecule has 0 amide bonds. The van der Waals surface area contributed by atoms with Crippen LogP contribution < -0.4 is 5.73 Å². The highest BCUT2D eigenvalue weighted by Crippen LogP contribution is 2.41. The Kier molecular flexibility index (Phi) is 3.91. The monoisotopic (exact) mass is 389 g/mol. The zero-order valence-electron chi connectivity index (χ0n) is 12.4. The molecule has 2 heterocycles. The van der Waals surface area contributed by atoms with Gasteiger partial charge >= 0.3 is 0 Å². The summed E-state index contributed by atoms with van der Waals surface area (Å²) >= 11 is 13.1. The largest absolute Gasteiger partial charge is 0.507 e. The van der Waals surface area contributed by atoms with Crippen LogP contribution in [0.25, 0.3) is 32.2 Å². The van der Waals surface area contributed by atoms with Crippen LogP contribution in [-0.2, 0) is 0 Å². The van der Waals surface area contributed by atoms with Crippen LogP contribution in [0.15, 0.2) is 36.4 Å². The summed E-state index contributed by atoms with van der Waals surface area (Å²) in [4.78, 5) is 16.2. The highest BCUT2D eigenvalue weighted by atomic mass is 35.5. The Hall–Kier alpha value is -2.48. The Morgan fingerprint density at radius 2 is 1.68 bits per heavy atom. The van der Waals surface area contributed by atoms with E-state index in [1.54, 1.807) is 6.07 Å². The second-order valence-corrected chi connectivity index (χ2v) is 6.85. The molecule has 124 valence electrons. The molecule has 9 heteroatoms. The second kappa shape index (κ2) is 6.11. The van der Waals surface area contributed by atoms with Crippen LogP contribution in [0.3, 0.4) is 0 Å². The van der Waals surface area contributed by atoms with Crippen molar-refractivity contribution in [3.05, 3.63) is 47.0 Å². The van der Waals surface area contributed by atoms with Gasteiger partial charge in [-0.3, -0.25) is 0 Å². The molecule has 0 fully saturated rings. The Morgan fingerprint density at radius 1 is 0.960 bits per heavy atom. The number of hydrogen-bond acceptors (Lipinski definition) is 7. The summed E-state index contributed by atoms with van der Waals surface area (Å²) in [5, 5.41) is 11.1. The van der Waals surface area contributed by atoms with Gasteiger partial charge in [0.25, 0.3) is 0 Å².